The summed E-state index contributed by atoms with van der Waals surface area (Å²) in [5.41, 5.74) is 3.78. The van der Waals surface area contributed by atoms with E-state index in [1.807, 2.05) is 6.07 Å². The third kappa shape index (κ3) is 4.73. The second-order valence-electron chi connectivity index (χ2n) is 7.67. The van der Waals surface area contributed by atoms with Crippen molar-refractivity contribution < 1.29 is 4.39 Å². The maximum Gasteiger partial charge on any atom is 0.127 e. The SMILES string of the molecule is CCCC1CCC(c2ccc(CCc3ccc(C#N)cc3F)cc2)CC1. The molecule has 0 unspecified atom stereocenters. The molecule has 0 spiro atoms. The Hall–Kier alpha value is -2.14. The number of hydrogen-bond donors (Lipinski definition) is 0. The number of aryl methyl sites for hydroxylation is 2. The van der Waals surface area contributed by atoms with Gasteiger partial charge in [-0.3, -0.25) is 0 Å². The fraction of sp³-hybridized carbons (Fsp3) is 0.458. The first-order chi connectivity index (χ1) is 12.7. The molecule has 1 saturated carbocycles. The van der Waals surface area contributed by atoms with Gasteiger partial charge in [-0.15, -0.1) is 0 Å². The van der Waals surface area contributed by atoms with Gasteiger partial charge in [0.2, 0.25) is 0 Å². The lowest BCUT2D eigenvalue weighted by atomic mass is 9.77. The summed E-state index contributed by atoms with van der Waals surface area (Å²) in [6.45, 7) is 2.29. The van der Waals surface area contributed by atoms with Crippen molar-refractivity contribution in [2.75, 3.05) is 0 Å². The van der Waals surface area contributed by atoms with E-state index in [9.17, 15) is 4.39 Å². The molecule has 1 nitrogen and oxygen atoms in total. The molecule has 0 aromatic heterocycles. The molecular weight excluding hydrogens is 321 g/mol. The lowest BCUT2D eigenvalue weighted by Crippen LogP contribution is -2.13. The topological polar surface area (TPSA) is 23.8 Å². The molecule has 1 aliphatic rings. The van der Waals surface area contributed by atoms with Crippen LogP contribution in [0.5, 0.6) is 0 Å². The molecule has 2 aromatic rings. The van der Waals surface area contributed by atoms with E-state index < -0.39 is 0 Å². The average Bonchev–Trinajstić information content (AvgIpc) is 2.68. The van der Waals surface area contributed by atoms with Gasteiger partial charge in [0.1, 0.15) is 5.82 Å². The fourth-order valence-corrected chi connectivity index (χ4v) is 4.25. The summed E-state index contributed by atoms with van der Waals surface area (Å²) in [4.78, 5) is 0. The number of nitriles is 1. The quantitative estimate of drug-likeness (QED) is 0.579. The fourth-order valence-electron chi connectivity index (χ4n) is 4.25. The van der Waals surface area contributed by atoms with E-state index in [0.29, 0.717) is 23.5 Å². The average molecular weight is 349 g/mol. The maximum atomic E-state index is 14.0. The summed E-state index contributed by atoms with van der Waals surface area (Å²) in [6, 6.07) is 15.7. The summed E-state index contributed by atoms with van der Waals surface area (Å²) in [5, 5.41) is 8.82. The van der Waals surface area contributed by atoms with Crippen LogP contribution in [-0.4, -0.2) is 0 Å². The standard InChI is InChI=1S/C24H28FN/c1-2-3-18-4-10-21(11-5-18)22-12-6-19(7-13-22)8-14-23-15-9-20(17-26)16-24(23)25/h6-7,9,12-13,15-16,18,21H,2-5,8,10-11,14H2,1H3. The van der Waals surface area contributed by atoms with Crippen LogP contribution in [0.1, 0.15) is 73.6 Å². The highest BCUT2D eigenvalue weighted by atomic mass is 19.1. The third-order valence-electron chi connectivity index (χ3n) is 5.86. The number of rotatable bonds is 6. The van der Waals surface area contributed by atoms with Crippen molar-refractivity contribution in [2.45, 2.75) is 64.2 Å². The molecule has 0 aliphatic heterocycles. The van der Waals surface area contributed by atoms with Crippen LogP contribution in [0.2, 0.25) is 0 Å². The first-order valence-electron chi connectivity index (χ1n) is 9.97. The van der Waals surface area contributed by atoms with E-state index in [2.05, 4.69) is 31.2 Å². The number of hydrogen-bond acceptors (Lipinski definition) is 1. The Morgan fingerprint density at radius 2 is 1.73 bits per heavy atom. The molecule has 2 heteroatoms. The largest absolute Gasteiger partial charge is 0.207 e. The Labute approximate surface area is 156 Å². The Balaban J connectivity index is 1.54. The van der Waals surface area contributed by atoms with E-state index in [4.69, 9.17) is 5.26 Å². The number of halogens is 1. The third-order valence-corrected chi connectivity index (χ3v) is 5.86. The normalized spacial score (nSPS) is 19.9. The van der Waals surface area contributed by atoms with Crippen LogP contribution in [0.25, 0.3) is 0 Å². The molecule has 2 aromatic carbocycles. The van der Waals surface area contributed by atoms with Crippen LogP contribution < -0.4 is 0 Å². The Kier molecular flexibility index (Phi) is 6.45. The summed E-state index contributed by atoms with van der Waals surface area (Å²) in [6.07, 6.45) is 9.57. The number of nitrogens with zero attached hydrogens (tertiary/aromatic N) is 1. The zero-order chi connectivity index (χ0) is 18.4. The highest BCUT2D eigenvalue weighted by Gasteiger charge is 2.21. The van der Waals surface area contributed by atoms with Gasteiger partial charge in [0.15, 0.2) is 0 Å². The van der Waals surface area contributed by atoms with Gasteiger partial charge in [-0.1, -0.05) is 50.1 Å². The predicted molar refractivity (Wildman–Crippen MR) is 105 cm³/mol. The van der Waals surface area contributed by atoms with Crippen molar-refractivity contribution >= 4 is 0 Å². The van der Waals surface area contributed by atoms with Crippen molar-refractivity contribution in [2.24, 2.45) is 5.92 Å². The van der Waals surface area contributed by atoms with Crippen LogP contribution in [0.15, 0.2) is 42.5 Å². The van der Waals surface area contributed by atoms with Crippen LogP contribution in [0, 0.1) is 23.1 Å². The molecule has 3 rings (SSSR count). The summed E-state index contributed by atoms with van der Waals surface area (Å²) in [5.74, 6) is 1.38. The molecule has 0 N–H and O–H groups in total. The minimum atomic E-state index is -0.274. The Bertz CT molecular complexity index is 749. The highest BCUT2D eigenvalue weighted by molar-refractivity contribution is 5.33. The molecule has 0 heterocycles. The highest BCUT2D eigenvalue weighted by Crippen LogP contribution is 2.37. The summed E-state index contributed by atoms with van der Waals surface area (Å²) in [7, 11) is 0. The summed E-state index contributed by atoms with van der Waals surface area (Å²) < 4.78 is 14.0. The van der Waals surface area contributed by atoms with E-state index >= 15 is 0 Å². The van der Waals surface area contributed by atoms with Gasteiger partial charge in [-0.25, -0.2) is 4.39 Å². The molecule has 1 fully saturated rings. The summed E-state index contributed by atoms with van der Waals surface area (Å²) >= 11 is 0. The predicted octanol–water partition coefficient (Wildman–Crippen LogP) is 6.56. The van der Waals surface area contributed by atoms with Gasteiger partial charge in [0.05, 0.1) is 11.6 Å². The smallest absolute Gasteiger partial charge is 0.127 e. The van der Waals surface area contributed by atoms with E-state index in [1.165, 1.54) is 55.7 Å². The van der Waals surface area contributed by atoms with Crippen LogP contribution >= 0.6 is 0 Å². The molecule has 0 atom stereocenters. The number of benzene rings is 2. The zero-order valence-electron chi connectivity index (χ0n) is 15.7. The zero-order valence-corrected chi connectivity index (χ0v) is 15.7. The Morgan fingerprint density at radius 1 is 1.00 bits per heavy atom. The van der Waals surface area contributed by atoms with E-state index in [1.54, 1.807) is 12.1 Å². The molecule has 0 amide bonds. The van der Waals surface area contributed by atoms with Crippen molar-refractivity contribution in [3.05, 3.63) is 70.5 Å². The minimum Gasteiger partial charge on any atom is -0.207 e. The van der Waals surface area contributed by atoms with Gasteiger partial charge in [0, 0.05) is 0 Å². The van der Waals surface area contributed by atoms with E-state index in [0.717, 1.165) is 12.3 Å². The first-order valence-corrected chi connectivity index (χ1v) is 9.97. The molecule has 0 radical (unpaired) electrons. The van der Waals surface area contributed by atoms with Gasteiger partial charge in [0.25, 0.3) is 0 Å². The molecule has 1 aliphatic carbocycles. The van der Waals surface area contributed by atoms with Gasteiger partial charge < -0.3 is 0 Å². The van der Waals surface area contributed by atoms with Crippen molar-refractivity contribution in [3.8, 4) is 6.07 Å². The van der Waals surface area contributed by atoms with Crippen LogP contribution in [0.4, 0.5) is 4.39 Å². The van der Waals surface area contributed by atoms with Crippen molar-refractivity contribution in [3.63, 3.8) is 0 Å². The first kappa shape index (κ1) is 18.6. The van der Waals surface area contributed by atoms with Gasteiger partial charge >= 0.3 is 0 Å². The Morgan fingerprint density at radius 3 is 2.35 bits per heavy atom. The monoisotopic (exact) mass is 349 g/mol. The molecule has 0 saturated heterocycles. The second-order valence-corrected chi connectivity index (χ2v) is 7.67. The lowest BCUT2D eigenvalue weighted by Gasteiger charge is -2.28. The molecule has 26 heavy (non-hydrogen) atoms. The molecular formula is C24H28FN. The van der Waals surface area contributed by atoms with Gasteiger partial charge in [-0.05, 0) is 79.2 Å². The van der Waals surface area contributed by atoms with Gasteiger partial charge in [-0.2, -0.15) is 5.26 Å². The maximum absolute atomic E-state index is 14.0. The minimum absolute atomic E-state index is 0.274. The molecule has 136 valence electrons. The lowest BCUT2D eigenvalue weighted by molar-refractivity contribution is 0.308. The van der Waals surface area contributed by atoms with Crippen LogP contribution in [0.3, 0.4) is 0 Å². The second kappa shape index (κ2) is 8.99. The van der Waals surface area contributed by atoms with Crippen molar-refractivity contribution in [1.82, 2.24) is 0 Å². The van der Waals surface area contributed by atoms with Crippen molar-refractivity contribution in [1.29, 1.82) is 5.26 Å². The van der Waals surface area contributed by atoms with Crippen LogP contribution in [-0.2, 0) is 12.8 Å². The van der Waals surface area contributed by atoms with E-state index in [-0.39, 0.29) is 5.82 Å². The molecule has 0 bridgehead atoms.